The van der Waals surface area contributed by atoms with E-state index in [0.29, 0.717) is 22.9 Å². The molecule has 0 radical (unpaired) electrons. The van der Waals surface area contributed by atoms with E-state index in [1.165, 1.54) is 6.33 Å². The van der Waals surface area contributed by atoms with Crippen LogP contribution in [-0.2, 0) is 0 Å². The summed E-state index contributed by atoms with van der Waals surface area (Å²) >= 11 is 0. The van der Waals surface area contributed by atoms with E-state index < -0.39 is 11.8 Å². The third-order valence-corrected chi connectivity index (χ3v) is 3.78. The molecule has 2 amide bonds. The predicted molar refractivity (Wildman–Crippen MR) is 100 cm³/mol. The van der Waals surface area contributed by atoms with Crippen LogP contribution in [0.1, 0.15) is 21.0 Å². The molecule has 0 spiro atoms. The summed E-state index contributed by atoms with van der Waals surface area (Å²) in [6.07, 6.45) is 1.30. The summed E-state index contributed by atoms with van der Waals surface area (Å²) in [5.74, 6) is 0.375. The highest BCUT2D eigenvalue weighted by atomic mass is 16.5. The van der Waals surface area contributed by atoms with Gasteiger partial charge in [0.25, 0.3) is 11.8 Å². The van der Waals surface area contributed by atoms with Gasteiger partial charge >= 0.3 is 0 Å². The van der Waals surface area contributed by atoms with Gasteiger partial charge in [-0.15, -0.1) is 0 Å². The molecule has 0 bridgehead atoms. The van der Waals surface area contributed by atoms with E-state index in [4.69, 9.17) is 9.47 Å². The van der Waals surface area contributed by atoms with E-state index in [0.717, 1.165) is 0 Å². The summed E-state index contributed by atoms with van der Waals surface area (Å²) in [5, 5.41) is 5.40. The number of H-pyrrole nitrogens is 1. The highest BCUT2D eigenvalue weighted by Gasteiger charge is 2.20. The molecular formula is C19H18N4O4. The summed E-state index contributed by atoms with van der Waals surface area (Å²) in [6, 6.07) is 13.7. The van der Waals surface area contributed by atoms with Crippen molar-refractivity contribution in [1.29, 1.82) is 0 Å². The number of nitrogens with one attached hydrogen (secondary N) is 3. The number of nitrogens with zero attached hydrogens (tertiary/aromatic N) is 1. The molecule has 8 heteroatoms. The van der Waals surface area contributed by atoms with Gasteiger partial charge in [-0.3, -0.25) is 9.59 Å². The number of methoxy groups -OCH3 is 2. The second-order valence-corrected chi connectivity index (χ2v) is 5.49. The lowest BCUT2D eigenvalue weighted by Crippen LogP contribution is -2.20. The van der Waals surface area contributed by atoms with Gasteiger partial charge in [0.1, 0.15) is 17.2 Å². The third kappa shape index (κ3) is 4.24. The van der Waals surface area contributed by atoms with Crippen LogP contribution in [0.2, 0.25) is 0 Å². The molecule has 3 rings (SSSR count). The first kappa shape index (κ1) is 18.0. The second-order valence-electron chi connectivity index (χ2n) is 5.49. The van der Waals surface area contributed by atoms with E-state index in [2.05, 4.69) is 20.6 Å². The summed E-state index contributed by atoms with van der Waals surface area (Å²) in [6.45, 7) is 0. The third-order valence-electron chi connectivity index (χ3n) is 3.78. The number of hydrogen-bond acceptors (Lipinski definition) is 5. The van der Waals surface area contributed by atoms with E-state index in [1.54, 1.807) is 62.8 Å². The zero-order valence-electron chi connectivity index (χ0n) is 14.8. The minimum absolute atomic E-state index is 0.00294. The molecule has 2 aromatic carbocycles. The Balaban J connectivity index is 1.71. The Bertz CT molecular complexity index is 857. The topological polar surface area (TPSA) is 105 Å². The van der Waals surface area contributed by atoms with Crippen LogP contribution >= 0.6 is 0 Å². The molecule has 27 heavy (non-hydrogen) atoms. The van der Waals surface area contributed by atoms with Crippen LogP contribution in [0.15, 0.2) is 54.9 Å². The highest BCUT2D eigenvalue weighted by Crippen LogP contribution is 2.18. The molecule has 0 saturated heterocycles. The number of anilines is 2. The molecule has 138 valence electrons. The predicted octanol–water partition coefficient (Wildman–Crippen LogP) is 2.93. The monoisotopic (exact) mass is 366 g/mol. The zero-order valence-corrected chi connectivity index (χ0v) is 14.8. The number of aromatic nitrogens is 2. The lowest BCUT2D eigenvalue weighted by molar-refractivity contribution is 0.0985. The van der Waals surface area contributed by atoms with Gasteiger partial charge in [0.15, 0.2) is 5.69 Å². The lowest BCUT2D eigenvalue weighted by Gasteiger charge is -2.08. The van der Waals surface area contributed by atoms with Crippen molar-refractivity contribution < 1.29 is 19.1 Å². The van der Waals surface area contributed by atoms with Gasteiger partial charge in [-0.2, -0.15) is 0 Å². The number of rotatable bonds is 6. The highest BCUT2D eigenvalue weighted by molar-refractivity contribution is 6.13. The summed E-state index contributed by atoms with van der Waals surface area (Å²) < 4.78 is 10.2. The van der Waals surface area contributed by atoms with Crippen LogP contribution in [0.5, 0.6) is 11.5 Å². The van der Waals surface area contributed by atoms with Crippen molar-refractivity contribution in [3.05, 3.63) is 66.2 Å². The van der Waals surface area contributed by atoms with Crippen LogP contribution in [0, 0.1) is 0 Å². The van der Waals surface area contributed by atoms with Gasteiger partial charge in [-0.25, -0.2) is 4.98 Å². The van der Waals surface area contributed by atoms with Gasteiger partial charge in [-0.05, 0) is 48.5 Å². The molecule has 3 aromatic rings. The Hall–Kier alpha value is -3.81. The molecule has 0 aliphatic rings. The van der Waals surface area contributed by atoms with Crippen LogP contribution in [0.3, 0.4) is 0 Å². The quantitative estimate of drug-likeness (QED) is 0.622. The van der Waals surface area contributed by atoms with Crippen molar-refractivity contribution in [1.82, 2.24) is 9.97 Å². The molecule has 0 saturated carbocycles. The molecule has 8 nitrogen and oxygen atoms in total. The van der Waals surface area contributed by atoms with Crippen molar-refractivity contribution in [2.45, 2.75) is 0 Å². The molecule has 0 fully saturated rings. The Labute approximate surface area is 155 Å². The molecule has 1 heterocycles. The molecule has 0 aliphatic carbocycles. The van der Waals surface area contributed by atoms with Crippen molar-refractivity contribution in [2.75, 3.05) is 24.9 Å². The normalized spacial score (nSPS) is 10.1. The minimum Gasteiger partial charge on any atom is -0.497 e. The molecule has 0 unspecified atom stereocenters. The van der Waals surface area contributed by atoms with E-state index in [1.807, 2.05) is 0 Å². The first-order chi connectivity index (χ1) is 13.1. The van der Waals surface area contributed by atoms with Crippen LogP contribution in [-0.4, -0.2) is 36.0 Å². The number of carbonyl (C=O) groups excluding carboxylic acids is 2. The maximum atomic E-state index is 12.5. The van der Waals surface area contributed by atoms with Crippen LogP contribution < -0.4 is 20.1 Å². The average Bonchev–Trinajstić information content (AvgIpc) is 3.19. The van der Waals surface area contributed by atoms with Gasteiger partial charge in [0, 0.05) is 11.4 Å². The van der Waals surface area contributed by atoms with Crippen molar-refractivity contribution >= 4 is 23.2 Å². The van der Waals surface area contributed by atoms with Crippen molar-refractivity contribution in [2.24, 2.45) is 0 Å². The number of carbonyl (C=O) groups is 2. The Morgan fingerprint density at radius 2 is 1.30 bits per heavy atom. The average molecular weight is 366 g/mol. The number of ether oxygens (including phenoxy) is 2. The maximum Gasteiger partial charge on any atom is 0.276 e. The zero-order chi connectivity index (χ0) is 19.2. The Morgan fingerprint density at radius 3 is 1.78 bits per heavy atom. The fourth-order valence-corrected chi connectivity index (χ4v) is 2.37. The lowest BCUT2D eigenvalue weighted by atomic mass is 10.2. The molecule has 1 aromatic heterocycles. The SMILES string of the molecule is COc1ccc(NC(=O)c2nc[nH]c2C(=O)Nc2ccc(OC)cc2)cc1. The Kier molecular flexibility index (Phi) is 5.36. The van der Waals surface area contributed by atoms with Crippen molar-refractivity contribution in [3.8, 4) is 11.5 Å². The number of hydrogen-bond donors (Lipinski definition) is 3. The maximum absolute atomic E-state index is 12.5. The first-order valence-electron chi connectivity index (χ1n) is 8.05. The second kappa shape index (κ2) is 8.05. The number of amides is 2. The first-order valence-corrected chi connectivity index (χ1v) is 8.05. The minimum atomic E-state index is -0.499. The summed E-state index contributed by atoms with van der Waals surface area (Å²) in [4.78, 5) is 31.6. The smallest absolute Gasteiger partial charge is 0.276 e. The number of aromatic amines is 1. The van der Waals surface area contributed by atoms with E-state index >= 15 is 0 Å². The summed E-state index contributed by atoms with van der Waals surface area (Å²) in [5.41, 5.74) is 1.19. The van der Waals surface area contributed by atoms with E-state index in [-0.39, 0.29) is 11.4 Å². The van der Waals surface area contributed by atoms with Gasteiger partial charge in [-0.1, -0.05) is 0 Å². The summed E-state index contributed by atoms with van der Waals surface area (Å²) in [7, 11) is 3.12. The van der Waals surface area contributed by atoms with Gasteiger partial charge in [0.2, 0.25) is 0 Å². The number of imidazole rings is 1. The van der Waals surface area contributed by atoms with E-state index in [9.17, 15) is 9.59 Å². The van der Waals surface area contributed by atoms with Gasteiger partial charge < -0.3 is 25.1 Å². The molecular weight excluding hydrogens is 348 g/mol. The standard InChI is InChI=1S/C19H18N4O4/c1-26-14-7-3-12(4-8-14)22-18(24)16-17(21-11-20-16)19(25)23-13-5-9-15(27-2)10-6-13/h3-11H,1-2H3,(H,20,21)(H,22,24)(H,23,25). The molecule has 3 N–H and O–H groups in total. The number of benzene rings is 2. The van der Waals surface area contributed by atoms with Crippen LogP contribution in [0.25, 0.3) is 0 Å². The van der Waals surface area contributed by atoms with Gasteiger partial charge in [0.05, 0.1) is 20.5 Å². The molecule has 0 atom stereocenters. The van der Waals surface area contributed by atoms with Crippen molar-refractivity contribution in [3.63, 3.8) is 0 Å². The fourth-order valence-electron chi connectivity index (χ4n) is 2.37. The van der Waals surface area contributed by atoms with Crippen LogP contribution in [0.4, 0.5) is 11.4 Å². The Morgan fingerprint density at radius 1 is 0.815 bits per heavy atom. The molecule has 0 aliphatic heterocycles. The fraction of sp³-hybridized carbons (Fsp3) is 0.105. The largest absolute Gasteiger partial charge is 0.497 e.